The molecule has 0 saturated heterocycles. The summed E-state index contributed by atoms with van der Waals surface area (Å²) < 4.78 is 29.3. The minimum atomic E-state index is -3.70. The third kappa shape index (κ3) is 3.20. The lowest BCUT2D eigenvalue weighted by Crippen LogP contribution is -2.34. The van der Waals surface area contributed by atoms with E-state index >= 15 is 0 Å². The lowest BCUT2D eigenvalue weighted by Gasteiger charge is -2.27. The van der Waals surface area contributed by atoms with Crippen LogP contribution in [0.3, 0.4) is 0 Å². The highest BCUT2D eigenvalue weighted by molar-refractivity contribution is 7.89. The van der Waals surface area contributed by atoms with Gasteiger partial charge in [0, 0.05) is 18.1 Å². The van der Waals surface area contributed by atoms with E-state index < -0.39 is 10.0 Å². The van der Waals surface area contributed by atoms with Gasteiger partial charge in [-0.25, -0.2) is 19.0 Å². The summed E-state index contributed by atoms with van der Waals surface area (Å²) in [6.45, 7) is 8.60. The van der Waals surface area contributed by atoms with Crippen LogP contribution in [0, 0.1) is 11.3 Å². The van der Waals surface area contributed by atoms with E-state index in [2.05, 4.69) is 35.9 Å². The van der Waals surface area contributed by atoms with Gasteiger partial charge in [0.05, 0.1) is 0 Å². The number of nitrogens with zero attached hydrogens (tertiary/aromatic N) is 2. The highest BCUT2D eigenvalue weighted by Crippen LogP contribution is 2.27. The fourth-order valence-electron chi connectivity index (χ4n) is 1.73. The molecule has 0 amide bonds. The number of aromatic nitrogens is 2. The standard InChI is InChI=1S/C12H21N5O2S2/c1-8(12(2,3)4)7-14-21(18,19)10-9(16-13)15-11-17(10)5-6-20-11/h5-6,8,14,16H,7,13H2,1-4H3. The Morgan fingerprint density at radius 1 is 1.48 bits per heavy atom. The van der Waals surface area contributed by atoms with Crippen molar-refractivity contribution in [1.29, 1.82) is 0 Å². The van der Waals surface area contributed by atoms with Crippen LogP contribution < -0.4 is 16.0 Å². The maximum atomic E-state index is 12.6. The Labute approximate surface area is 128 Å². The predicted molar refractivity (Wildman–Crippen MR) is 84.7 cm³/mol. The van der Waals surface area contributed by atoms with E-state index in [0.29, 0.717) is 11.5 Å². The molecule has 0 aliphatic rings. The first kappa shape index (κ1) is 16.2. The van der Waals surface area contributed by atoms with Crippen LogP contribution in [0.4, 0.5) is 5.82 Å². The number of hydrogen-bond donors (Lipinski definition) is 3. The maximum Gasteiger partial charge on any atom is 0.260 e. The van der Waals surface area contributed by atoms with Gasteiger partial charge < -0.3 is 5.43 Å². The van der Waals surface area contributed by atoms with Gasteiger partial charge in [-0.3, -0.25) is 4.40 Å². The van der Waals surface area contributed by atoms with Crippen molar-refractivity contribution in [3.05, 3.63) is 11.6 Å². The van der Waals surface area contributed by atoms with Crippen LogP contribution in [0.25, 0.3) is 4.96 Å². The molecule has 0 bridgehead atoms. The fourth-order valence-corrected chi connectivity index (χ4v) is 3.87. The second-order valence-corrected chi connectivity index (χ2v) is 8.64. The van der Waals surface area contributed by atoms with Crippen molar-refractivity contribution in [2.45, 2.75) is 32.7 Å². The van der Waals surface area contributed by atoms with E-state index in [1.165, 1.54) is 15.7 Å². The first-order valence-corrected chi connectivity index (χ1v) is 8.95. The molecule has 118 valence electrons. The summed E-state index contributed by atoms with van der Waals surface area (Å²) in [5.74, 6) is 5.72. The van der Waals surface area contributed by atoms with Crippen molar-refractivity contribution in [1.82, 2.24) is 14.1 Å². The number of nitrogen functional groups attached to an aromatic ring is 1. The first-order valence-electron chi connectivity index (χ1n) is 6.58. The summed E-state index contributed by atoms with van der Waals surface area (Å²) in [6, 6.07) is 0. The minimum absolute atomic E-state index is 0.0204. The molecule has 0 spiro atoms. The van der Waals surface area contributed by atoms with Crippen LogP contribution >= 0.6 is 11.3 Å². The molecule has 2 aromatic rings. The lowest BCUT2D eigenvalue weighted by atomic mass is 9.82. The SMILES string of the molecule is CC(CNS(=O)(=O)c1c(NN)nc2sccn12)C(C)(C)C. The van der Waals surface area contributed by atoms with Gasteiger partial charge in [0.15, 0.2) is 10.8 Å². The summed E-state index contributed by atoms with van der Waals surface area (Å²) in [4.78, 5) is 4.74. The van der Waals surface area contributed by atoms with E-state index in [1.54, 1.807) is 11.6 Å². The van der Waals surface area contributed by atoms with E-state index in [1.807, 2.05) is 6.92 Å². The van der Waals surface area contributed by atoms with Crippen LogP contribution in [-0.2, 0) is 10.0 Å². The monoisotopic (exact) mass is 331 g/mol. The molecule has 2 rings (SSSR count). The molecule has 2 heterocycles. The third-order valence-corrected chi connectivity index (χ3v) is 5.87. The molecule has 1 unspecified atom stereocenters. The molecule has 21 heavy (non-hydrogen) atoms. The van der Waals surface area contributed by atoms with E-state index in [4.69, 9.17) is 5.84 Å². The zero-order chi connectivity index (χ0) is 15.8. The van der Waals surface area contributed by atoms with E-state index in [-0.39, 0.29) is 22.2 Å². The van der Waals surface area contributed by atoms with Crippen molar-refractivity contribution in [3.63, 3.8) is 0 Å². The average Bonchev–Trinajstić information content (AvgIpc) is 2.93. The molecule has 7 nitrogen and oxygen atoms in total. The Balaban J connectivity index is 2.31. The molecule has 0 radical (unpaired) electrons. The zero-order valence-corrected chi connectivity index (χ0v) is 14.2. The van der Waals surface area contributed by atoms with Gasteiger partial charge in [-0.2, -0.15) is 4.98 Å². The van der Waals surface area contributed by atoms with Gasteiger partial charge >= 0.3 is 0 Å². The van der Waals surface area contributed by atoms with E-state index in [9.17, 15) is 8.42 Å². The largest absolute Gasteiger partial charge is 0.306 e. The molecule has 4 N–H and O–H groups in total. The van der Waals surface area contributed by atoms with Gasteiger partial charge in [0.1, 0.15) is 0 Å². The summed E-state index contributed by atoms with van der Waals surface area (Å²) in [6.07, 6.45) is 1.66. The summed E-state index contributed by atoms with van der Waals surface area (Å²) in [5, 5.41) is 1.82. The van der Waals surface area contributed by atoms with Crippen molar-refractivity contribution in [2.24, 2.45) is 17.2 Å². The minimum Gasteiger partial charge on any atom is -0.306 e. The number of imidazole rings is 1. The van der Waals surface area contributed by atoms with Gasteiger partial charge in [-0.15, -0.1) is 11.3 Å². The number of rotatable bonds is 5. The van der Waals surface area contributed by atoms with Crippen molar-refractivity contribution < 1.29 is 8.42 Å². The Bertz CT molecular complexity index is 726. The Morgan fingerprint density at radius 2 is 2.14 bits per heavy atom. The van der Waals surface area contributed by atoms with Crippen LogP contribution in [-0.4, -0.2) is 24.3 Å². The zero-order valence-electron chi connectivity index (χ0n) is 12.5. The number of hydrogen-bond acceptors (Lipinski definition) is 6. The number of nitrogens with two attached hydrogens (primary N) is 1. The van der Waals surface area contributed by atoms with Crippen LogP contribution in [0.2, 0.25) is 0 Å². The van der Waals surface area contributed by atoms with Gasteiger partial charge in [-0.1, -0.05) is 27.7 Å². The molecule has 0 saturated carbocycles. The quantitative estimate of drug-likeness (QED) is 0.571. The molecule has 9 heteroatoms. The number of sulfonamides is 1. The molecular weight excluding hydrogens is 310 g/mol. The summed E-state index contributed by atoms with van der Waals surface area (Å²) in [7, 11) is -3.70. The topological polar surface area (TPSA) is 102 Å². The van der Waals surface area contributed by atoms with Crippen LogP contribution in [0.5, 0.6) is 0 Å². The third-order valence-electron chi connectivity index (χ3n) is 3.67. The first-order chi connectivity index (χ1) is 9.66. The number of thiazole rings is 1. The van der Waals surface area contributed by atoms with Crippen molar-refractivity contribution in [2.75, 3.05) is 12.0 Å². The molecule has 0 aromatic carbocycles. The summed E-state index contributed by atoms with van der Waals surface area (Å²) in [5.41, 5.74) is 2.37. The fraction of sp³-hybridized carbons (Fsp3) is 0.583. The van der Waals surface area contributed by atoms with Crippen LogP contribution in [0.15, 0.2) is 16.6 Å². The maximum absolute atomic E-state index is 12.6. The molecule has 2 aromatic heterocycles. The van der Waals surface area contributed by atoms with E-state index in [0.717, 1.165) is 0 Å². The molecule has 0 aliphatic carbocycles. The summed E-state index contributed by atoms with van der Waals surface area (Å²) >= 11 is 1.35. The number of fused-ring (bicyclic) bond motifs is 1. The predicted octanol–water partition coefficient (Wildman–Crippen LogP) is 1.64. The highest BCUT2D eigenvalue weighted by atomic mass is 32.2. The van der Waals surface area contributed by atoms with Gasteiger partial charge in [0.25, 0.3) is 10.0 Å². The number of hydrazine groups is 1. The van der Waals surface area contributed by atoms with Crippen molar-refractivity contribution >= 4 is 32.1 Å². The molecule has 1 atom stereocenters. The Morgan fingerprint density at radius 3 is 2.71 bits per heavy atom. The van der Waals surface area contributed by atoms with Gasteiger partial charge in [0.2, 0.25) is 5.03 Å². The van der Waals surface area contributed by atoms with Gasteiger partial charge in [-0.05, 0) is 11.3 Å². The lowest BCUT2D eigenvalue weighted by molar-refractivity contribution is 0.263. The smallest absolute Gasteiger partial charge is 0.260 e. The Hall–Kier alpha value is -1.16. The number of anilines is 1. The Kier molecular flexibility index (Phi) is 4.29. The molecule has 0 fully saturated rings. The molecular formula is C12H21N5O2S2. The van der Waals surface area contributed by atoms with Crippen LogP contribution in [0.1, 0.15) is 27.7 Å². The van der Waals surface area contributed by atoms with Crippen molar-refractivity contribution in [3.8, 4) is 0 Å². The normalized spacial score (nSPS) is 14.5. The second kappa shape index (κ2) is 5.56. The number of nitrogens with one attached hydrogen (secondary N) is 2. The second-order valence-electron chi connectivity index (χ2n) is 6.08. The highest BCUT2D eigenvalue weighted by Gasteiger charge is 2.28. The average molecular weight is 331 g/mol. The molecule has 0 aliphatic heterocycles.